The molecular formula is C24H23ClN2O3S2. The molecule has 0 saturated heterocycles. The summed E-state index contributed by atoms with van der Waals surface area (Å²) in [6, 6.07) is 21.5. The van der Waals surface area contributed by atoms with Crippen LogP contribution < -0.4 is 9.62 Å². The molecule has 0 spiro atoms. The highest BCUT2D eigenvalue weighted by Crippen LogP contribution is 2.50. The van der Waals surface area contributed by atoms with Crippen LogP contribution in [0.2, 0.25) is 5.02 Å². The van der Waals surface area contributed by atoms with Gasteiger partial charge in [-0.15, -0.1) is 0 Å². The Bertz CT molecular complexity index is 1190. The van der Waals surface area contributed by atoms with E-state index < -0.39 is 22.2 Å². The van der Waals surface area contributed by atoms with Crippen molar-refractivity contribution in [1.82, 2.24) is 4.72 Å². The molecule has 1 heterocycles. The number of benzene rings is 3. The van der Waals surface area contributed by atoms with Gasteiger partial charge in [-0.25, -0.2) is 13.1 Å². The van der Waals surface area contributed by atoms with Crippen molar-refractivity contribution in [3.05, 3.63) is 77.8 Å². The number of fused-ring (bicyclic) bond motifs is 2. The highest BCUT2D eigenvalue weighted by Gasteiger charge is 2.40. The van der Waals surface area contributed by atoms with Crippen LogP contribution in [-0.4, -0.2) is 31.7 Å². The molecule has 5 rings (SSSR count). The van der Waals surface area contributed by atoms with Crippen LogP contribution in [-0.2, 0) is 10.0 Å². The van der Waals surface area contributed by atoms with Gasteiger partial charge in [0, 0.05) is 14.8 Å². The maximum absolute atomic E-state index is 13.0. The largest absolute Gasteiger partial charge is 0.389 e. The minimum Gasteiger partial charge on any atom is -0.389 e. The number of rotatable bonds is 4. The Morgan fingerprint density at radius 3 is 2.12 bits per heavy atom. The molecule has 1 saturated carbocycles. The van der Waals surface area contributed by atoms with Gasteiger partial charge in [-0.1, -0.05) is 47.6 Å². The smallest absolute Gasteiger partial charge is 0.240 e. The van der Waals surface area contributed by atoms with Gasteiger partial charge in [0.25, 0.3) is 0 Å². The van der Waals surface area contributed by atoms with Crippen LogP contribution in [0.25, 0.3) is 0 Å². The lowest BCUT2D eigenvalue weighted by atomic mass is 9.87. The average molecular weight is 487 g/mol. The Labute approximate surface area is 197 Å². The molecular weight excluding hydrogens is 464 g/mol. The van der Waals surface area contributed by atoms with Crippen molar-refractivity contribution in [3.63, 3.8) is 0 Å². The summed E-state index contributed by atoms with van der Waals surface area (Å²) in [7, 11) is -3.78. The Balaban J connectivity index is 1.46. The Morgan fingerprint density at radius 2 is 1.50 bits per heavy atom. The molecule has 5 nitrogen and oxygen atoms in total. The molecule has 0 aromatic heterocycles. The van der Waals surface area contributed by atoms with Crippen molar-refractivity contribution in [2.75, 3.05) is 4.90 Å². The predicted molar refractivity (Wildman–Crippen MR) is 128 cm³/mol. The summed E-state index contributed by atoms with van der Waals surface area (Å²) in [5.41, 5.74) is 2.09. The third-order valence-corrected chi connectivity index (χ3v) is 8.94. The summed E-state index contributed by atoms with van der Waals surface area (Å²) in [5.74, 6) is 0. The van der Waals surface area contributed by atoms with Crippen LogP contribution in [0.3, 0.4) is 0 Å². The number of para-hydroxylation sites is 2. The Kier molecular flexibility index (Phi) is 5.94. The van der Waals surface area contributed by atoms with Crippen LogP contribution in [0.5, 0.6) is 0 Å². The van der Waals surface area contributed by atoms with E-state index in [0.717, 1.165) is 34.0 Å². The van der Waals surface area contributed by atoms with Crippen molar-refractivity contribution >= 4 is 44.8 Å². The van der Waals surface area contributed by atoms with Crippen molar-refractivity contribution in [2.24, 2.45) is 0 Å². The maximum atomic E-state index is 13.0. The minimum atomic E-state index is -3.78. The molecule has 1 unspecified atom stereocenters. The second-order valence-electron chi connectivity index (χ2n) is 8.08. The van der Waals surface area contributed by atoms with Crippen LogP contribution in [0, 0.1) is 0 Å². The van der Waals surface area contributed by atoms with Crippen molar-refractivity contribution in [2.45, 2.75) is 52.1 Å². The number of hydrogen-bond donors (Lipinski definition) is 2. The predicted octanol–water partition coefficient (Wildman–Crippen LogP) is 5.20. The molecule has 0 bridgehead atoms. The number of nitrogens with one attached hydrogen (secondary N) is 1. The molecule has 1 aliphatic heterocycles. The number of sulfonamides is 1. The van der Waals surface area contributed by atoms with Gasteiger partial charge in [-0.05, 0) is 67.8 Å². The summed E-state index contributed by atoms with van der Waals surface area (Å²) in [6.07, 6.45) is 1.29. The molecule has 2 N–H and O–H groups in total. The zero-order valence-corrected chi connectivity index (χ0v) is 19.6. The quantitative estimate of drug-likeness (QED) is 0.530. The van der Waals surface area contributed by atoms with E-state index in [0.29, 0.717) is 11.4 Å². The lowest BCUT2D eigenvalue weighted by Gasteiger charge is -2.45. The van der Waals surface area contributed by atoms with Crippen molar-refractivity contribution in [3.8, 4) is 0 Å². The standard InChI is InChI=1S/C24H23ClN2O3S2/c25-16-12-14-17(15-13-16)32(29,30)26-18-6-5-9-21(24(18)28)27-19-7-1-3-10-22(19)31-23-11-4-2-8-20(23)27/h1-4,7-8,10-15,18,21,24,26,28H,5-6,9H2/t18-,21?,24+/m1/s1. The zero-order chi connectivity index (χ0) is 22.3. The molecule has 32 heavy (non-hydrogen) atoms. The average Bonchev–Trinajstić information content (AvgIpc) is 2.79. The second kappa shape index (κ2) is 8.72. The lowest BCUT2D eigenvalue weighted by Crippen LogP contribution is -2.56. The summed E-state index contributed by atoms with van der Waals surface area (Å²) >= 11 is 7.62. The van der Waals surface area contributed by atoms with Gasteiger partial charge in [-0.3, -0.25) is 0 Å². The van der Waals surface area contributed by atoms with E-state index in [1.54, 1.807) is 23.9 Å². The van der Waals surface area contributed by atoms with E-state index in [1.165, 1.54) is 12.1 Å². The summed E-state index contributed by atoms with van der Waals surface area (Å²) in [5, 5.41) is 11.9. The number of halogens is 1. The van der Waals surface area contributed by atoms with Crippen LogP contribution in [0.4, 0.5) is 11.4 Å². The van der Waals surface area contributed by atoms with Gasteiger partial charge in [0.1, 0.15) is 0 Å². The lowest BCUT2D eigenvalue weighted by molar-refractivity contribution is 0.0809. The normalized spacial score (nSPS) is 22.8. The van der Waals surface area contributed by atoms with E-state index >= 15 is 0 Å². The molecule has 3 aromatic rings. The number of anilines is 2. The first-order chi connectivity index (χ1) is 15.4. The molecule has 166 valence electrons. The van der Waals surface area contributed by atoms with Crippen LogP contribution in [0.15, 0.2) is 87.5 Å². The molecule has 0 amide bonds. The molecule has 1 aliphatic carbocycles. The molecule has 2 aliphatic rings. The Hall–Kier alpha value is -2.03. The third-order valence-electron chi connectivity index (χ3n) is 6.05. The first-order valence-corrected chi connectivity index (χ1v) is 13.2. The Morgan fingerprint density at radius 1 is 0.906 bits per heavy atom. The molecule has 3 atom stereocenters. The number of aliphatic hydroxyl groups excluding tert-OH is 1. The first-order valence-electron chi connectivity index (χ1n) is 10.6. The third kappa shape index (κ3) is 4.04. The second-order valence-corrected chi connectivity index (χ2v) is 11.3. The number of aliphatic hydroxyl groups is 1. The van der Waals surface area contributed by atoms with Crippen LogP contribution >= 0.6 is 23.4 Å². The summed E-state index contributed by atoms with van der Waals surface area (Å²) in [4.78, 5) is 4.58. The van der Waals surface area contributed by atoms with E-state index in [-0.39, 0.29) is 10.9 Å². The minimum absolute atomic E-state index is 0.140. The molecule has 1 fully saturated rings. The van der Waals surface area contributed by atoms with Gasteiger partial charge < -0.3 is 10.0 Å². The number of nitrogens with zero attached hydrogens (tertiary/aromatic N) is 1. The topological polar surface area (TPSA) is 69.6 Å². The first kappa shape index (κ1) is 21.8. The molecule has 8 heteroatoms. The SMILES string of the molecule is O=S(=O)(N[C@@H]1CCCC(N2c3ccccc3Sc3ccccc32)[C@H]1O)c1ccc(Cl)cc1. The van der Waals surface area contributed by atoms with Gasteiger partial charge >= 0.3 is 0 Å². The maximum Gasteiger partial charge on any atom is 0.240 e. The molecule has 3 aromatic carbocycles. The fourth-order valence-corrected chi connectivity index (χ4v) is 7.02. The fourth-order valence-electron chi connectivity index (χ4n) is 4.54. The fraction of sp³-hybridized carbons (Fsp3) is 0.250. The van der Waals surface area contributed by atoms with Crippen molar-refractivity contribution in [1.29, 1.82) is 0 Å². The highest BCUT2D eigenvalue weighted by molar-refractivity contribution is 7.99. The highest BCUT2D eigenvalue weighted by atomic mass is 35.5. The van der Waals surface area contributed by atoms with E-state index in [2.05, 4.69) is 33.9 Å². The van der Waals surface area contributed by atoms with Gasteiger partial charge in [0.15, 0.2) is 0 Å². The van der Waals surface area contributed by atoms with Crippen molar-refractivity contribution < 1.29 is 13.5 Å². The zero-order valence-electron chi connectivity index (χ0n) is 17.2. The monoisotopic (exact) mass is 486 g/mol. The van der Waals surface area contributed by atoms with E-state index in [1.807, 2.05) is 24.3 Å². The number of hydrogen-bond acceptors (Lipinski definition) is 5. The van der Waals surface area contributed by atoms with Gasteiger partial charge in [0.2, 0.25) is 10.0 Å². The molecule has 0 radical (unpaired) electrons. The van der Waals surface area contributed by atoms with Gasteiger partial charge in [-0.2, -0.15) is 0 Å². The van der Waals surface area contributed by atoms with E-state index in [4.69, 9.17) is 11.6 Å². The summed E-state index contributed by atoms with van der Waals surface area (Å²) < 4.78 is 28.7. The summed E-state index contributed by atoms with van der Waals surface area (Å²) in [6.45, 7) is 0. The van der Waals surface area contributed by atoms with Gasteiger partial charge in [0.05, 0.1) is 34.5 Å². The van der Waals surface area contributed by atoms with Crippen LogP contribution in [0.1, 0.15) is 19.3 Å². The van der Waals surface area contributed by atoms with E-state index in [9.17, 15) is 13.5 Å².